The summed E-state index contributed by atoms with van der Waals surface area (Å²) >= 11 is 0. The Hall–Kier alpha value is -0.770. The van der Waals surface area contributed by atoms with E-state index in [9.17, 15) is 4.79 Å². The van der Waals surface area contributed by atoms with Crippen LogP contribution in [0.5, 0.6) is 0 Å². The van der Waals surface area contributed by atoms with Crippen molar-refractivity contribution in [2.24, 2.45) is 5.92 Å². The molecule has 0 spiro atoms. The first-order chi connectivity index (χ1) is 8.88. The molecule has 1 aliphatic heterocycles. The van der Waals surface area contributed by atoms with Crippen molar-refractivity contribution in [2.45, 2.75) is 71.1 Å². The maximum Gasteiger partial charge on any atom is 0.410 e. The smallest absolute Gasteiger partial charge is 0.410 e. The van der Waals surface area contributed by atoms with Gasteiger partial charge in [0.15, 0.2) is 0 Å². The summed E-state index contributed by atoms with van der Waals surface area (Å²) < 4.78 is 5.61. The molecule has 1 saturated carbocycles. The van der Waals surface area contributed by atoms with Crippen LogP contribution in [0.4, 0.5) is 4.79 Å². The highest BCUT2D eigenvalue weighted by Crippen LogP contribution is 2.31. The van der Waals surface area contributed by atoms with E-state index in [1.165, 1.54) is 19.3 Å². The minimum atomic E-state index is -0.416. The third-order valence-corrected chi connectivity index (χ3v) is 4.15. The monoisotopic (exact) mass is 268 g/mol. The molecule has 3 atom stereocenters. The van der Waals surface area contributed by atoms with Gasteiger partial charge in [-0.1, -0.05) is 12.8 Å². The van der Waals surface area contributed by atoms with Crippen LogP contribution in [0.15, 0.2) is 0 Å². The van der Waals surface area contributed by atoms with Gasteiger partial charge in [-0.3, -0.25) is 0 Å². The lowest BCUT2D eigenvalue weighted by molar-refractivity contribution is -0.00167. The SMILES string of the molecule is CC1CNCC2CCCCC2N1C(=O)OC(C)(C)C. The summed E-state index contributed by atoms with van der Waals surface area (Å²) in [6, 6.07) is 0.566. The van der Waals surface area contributed by atoms with E-state index in [0.717, 1.165) is 19.5 Å². The predicted molar refractivity (Wildman–Crippen MR) is 76.2 cm³/mol. The fourth-order valence-corrected chi connectivity index (χ4v) is 3.33. The van der Waals surface area contributed by atoms with Crippen LogP contribution in [-0.2, 0) is 4.74 Å². The number of fused-ring (bicyclic) bond motifs is 1. The van der Waals surface area contributed by atoms with Gasteiger partial charge < -0.3 is 15.0 Å². The first-order valence-corrected chi connectivity index (χ1v) is 7.60. The summed E-state index contributed by atoms with van der Waals surface area (Å²) in [6.07, 6.45) is 4.73. The molecule has 0 aromatic heterocycles. The van der Waals surface area contributed by atoms with Crippen LogP contribution in [0.3, 0.4) is 0 Å². The molecule has 1 amide bonds. The lowest BCUT2D eigenvalue weighted by Crippen LogP contribution is -2.51. The van der Waals surface area contributed by atoms with E-state index in [0.29, 0.717) is 12.0 Å². The summed E-state index contributed by atoms with van der Waals surface area (Å²) in [5.41, 5.74) is -0.416. The first kappa shape index (κ1) is 14.6. The van der Waals surface area contributed by atoms with Crippen molar-refractivity contribution in [3.63, 3.8) is 0 Å². The molecule has 2 rings (SSSR count). The average molecular weight is 268 g/mol. The minimum absolute atomic E-state index is 0.138. The van der Waals surface area contributed by atoms with Crippen molar-refractivity contribution in [2.75, 3.05) is 13.1 Å². The molecule has 1 heterocycles. The molecular weight excluding hydrogens is 240 g/mol. The van der Waals surface area contributed by atoms with Crippen molar-refractivity contribution >= 4 is 6.09 Å². The molecule has 0 bridgehead atoms. The van der Waals surface area contributed by atoms with Gasteiger partial charge in [-0.05, 0) is 46.5 Å². The standard InChI is InChI=1S/C15H28N2O2/c1-11-9-16-10-12-7-5-6-8-13(12)17(11)14(18)19-15(2,3)4/h11-13,16H,5-10H2,1-4H3. The summed E-state index contributed by atoms with van der Waals surface area (Å²) in [5.74, 6) is 0.589. The van der Waals surface area contributed by atoms with Crippen molar-refractivity contribution in [1.29, 1.82) is 0 Å². The zero-order valence-electron chi connectivity index (χ0n) is 12.7. The van der Waals surface area contributed by atoms with Crippen LogP contribution >= 0.6 is 0 Å². The van der Waals surface area contributed by atoms with E-state index in [1.807, 2.05) is 25.7 Å². The second-order valence-corrected chi connectivity index (χ2v) is 7.01. The fourth-order valence-electron chi connectivity index (χ4n) is 3.33. The number of nitrogens with zero attached hydrogens (tertiary/aromatic N) is 1. The molecule has 0 aromatic rings. The lowest BCUT2D eigenvalue weighted by atomic mass is 9.83. The first-order valence-electron chi connectivity index (χ1n) is 7.60. The molecule has 4 nitrogen and oxygen atoms in total. The fraction of sp³-hybridized carbons (Fsp3) is 0.933. The topological polar surface area (TPSA) is 41.6 Å². The highest BCUT2D eigenvalue weighted by atomic mass is 16.6. The molecule has 1 aliphatic carbocycles. The number of carbonyl (C=O) groups excluding carboxylic acids is 1. The molecule has 1 saturated heterocycles. The maximum absolute atomic E-state index is 12.5. The number of carbonyl (C=O) groups is 1. The van der Waals surface area contributed by atoms with E-state index in [4.69, 9.17) is 4.74 Å². The molecule has 0 aromatic carbocycles. The predicted octanol–water partition coefficient (Wildman–Crippen LogP) is 2.77. The summed E-state index contributed by atoms with van der Waals surface area (Å²) in [7, 11) is 0. The van der Waals surface area contributed by atoms with Crippen LogP contribution < -0.4 is 5.32 Å². The van der Waals surface area contributed by atoms with E-state index < -0.39 is 5.60 Å². The Morgan fingerprint density at radius 1 is 1.21 bits per heavy atom. The van der Waals surface area contributed by atoms with Gasteiger partial charge in [0.2, 0.25) is 0 Å². The normalized spacial score (nSPS) is 32.4. The van der Waals surface area contributed by atoms with Crippen molar-refractivity contribution < 1.29 is 9.53 Å². The average Bonchev–Trinajstić information content (AvgIpc) is 2.44. The van der Waals surface area contributed by atoms with E-state index in [2.05, 4.69) is 12.2 Å². The molecule has 1 N–H and O–H groups in total. The van der Waals surface area contributed by atoms with E-state index in [-0.39, 0.29) is 12.1 Å². The van der Waals surface area contributed by atoms with Crippen LogP contribution in [0, 0.1) is 5.92 Å². The number of hydrogen-bond donors (Lipinski definition) is 1. The van der Waals surface area contributed by atoms with Gasteiger partial charge in [0.05, 0.1) is 0 Å². The minimum Gasteiger partial charge on any atom is -0.444 e. The van der Waals surface area contributed by atoms with Gasteiger partial charge in [-0.25, -0.2) is 4.79 Å². The van der Waals surface area contributed by atoms with Crippen molar-refractivity contribution in [1.82, 2.24) is 10.2 Å². The Morgan fingerprint density at radius 3 is 2.58 bits per heavy atom. The summed E-state index contributed by atoms with van der Waals surface area (Å²) in [4.78, 5) is 14.5. The number of ether oxygens (including phenoxy) is 1. The lowest BCUT2D eigenvalue weighted by Gasteiger charge is -2.40. The number of nitrogens with one attached hydrogen (secondary N) is 1. The van der Waals surface area contributed by atoms with Crippen LogP contribution in [0.1, 0.15) is 53.4 Å². The largest absolute Gasteiger partial charge is 0.444 e. The van der Waals surface area contributed by atoms with E-state index >= 15 is 0 Å². The van der Waals surface area contributed by atoms with Gasteiger partial charge >= 0.3 is 6.09 Å². The van der Waals surface area contributed by atoms with Gasteiger partial charge in [0.25, 0.3) is 0 Å². The van der Waals surface area contributed by atoms with Gasteiger partial charge in [-0.2, -0.15) is 0 Å². The van der Waals surface area contributed by atoms with Crippen molar-refractivity contribution in [3.05, 3.63) is 0 Å². The number of rotatable bonds is 0. The molecule has 110 valence electrons. The Kier molecular flexibility index (Phi) is 4.39. The molecule has 19 heavy (non-hydrogen) atoms. The van der Waals surface area contributed by atoms with Gasteiger partial charge in [-0.15, -0.1) is 0 Å². The molecular formula is C15H28N2O2. The second-order valence-electron chi connectivity index (χ2n) is 7.01. The molecule has 4 heteroatoms. The number of amides is 1. The maximum atomic E-state index is 12.5. The Bertz CT molecular complexity index is 325. The summed E-state index contributed by atoms with van der Waals surface area (Å²) in [5, 5.41) is 3.49. The van der Waals surface area contributed by atoms with Crippen molar-refractivity contribution in [3.8, 4) is 0 Å². The third-order valence-electron chi connectivity index (χ3n) is 4.15. The Balaban J connectivity index is 2.15. The third kappa shape index (κ3) is 3.62. The highest BCUT2D eigenvalue weighted by Gasteiger charge is 2.39. The van der Waals surface area contributed by atoms with Crippen LogP contribution in [0.25, 0.3) is 0 Å². The Labute approximate surface area is 116 Å². The molecule has 2 fully saturated rings. The zero-order valence-corrected chi connectivity index (χ0v) is 12.7. The molecule has 3 unspecified atom stereocenters. The molecule has 2 aliphatic rings. The number of hydrogen-bond acceptors (Lipinski definition) is 3. The second kappa shape index (κ2) is 5.70. The Morgan fingerprint density at radius 2 is 1.89 bits per heavy atom. The van der Waals surface area contributed by atoms with Gasteiger partial charge in [0, 0.05) is 25.2 Å². The zero-order chi connectivity index (χ0) is 14.0. The molecule has 0 radical (unpaired) electrons. The van der Waals surface area contributed by atoms with Crippen LogP contribution in [-0.4, -0.2) is 41.8 Å². The highest BCUT2D eigenvalue weighted by molar-refractivity contribution is 5.69. The van der Waals surface area contributed by atoms with Gasteiger partial charge in [0.1, 0.15) is 5.60 Å². The summed E-state index contributed by atoms with van der Waals surface area (Å²) in [6.45, 7) is 9.83. The quantitative estimate of drug-likeness (QED) is 0.734. The van der Waals surface area contributed by atoms with Crippen LogP contribution in [0.2, 0.25) is 0 Å². The van der Waals surface area contributed by atoms with E-state index in [1.54, 1.807) is 0 Å².